The molecule has 1 aliphatic carbocycles. The zero-order valence-electron chi connectivity index (χ0n) is 17.0. The summed E-state index contributed by atoms with van der Waals surface area (Å²) in [4.78, 5) is 30.1. The molecule has 2 N–H and O–H groups in total. The van der Waals surface area contributed by atoms with Crippen LogP contribution in [0, 0.1) is 11.6 Å². The Bertz CT molecular complexity index is 1450. The van der Waals surface area contributed by atoms with Gasteiger partial charge in [-0.2, -0.15) is 0 Å². The number of esters is 1. The van der Waals surface area contributed by atoms with Gasteiger partial charge in [-0.25, -0.2) is 18.6 Å². The number of ether oxygens (including phenoxy) is 1. The van der Waals surface area contributed by atoms with Crippen molar-refractivity contribution < 1.29 is 28.5 Å². The average molecular weight is 440 g/mol. The molecule has 2 aromatic heterocycles. The van der Waals surface area contributed by atoms with Crippen LogP contribution in [-0.4, -0.2) is 25.7 Å². The van der Waals surface area contributed by atoms with Crippen molar-refractivity contribution in [1.29, 1.82) is 0 Å². The fourth-order valence-corrected chi connectivity index (χ4v) is 5.33. The summed E-state index contributed by atoms with van der Waals surface area (Å²) in [6.07, 6.45) is -0.471. The molecule has 3 aromatic rings. The highest BCUT2D eigenvalue weighted by Gasteiger charge is 2.45. The van der Waals surface area contributed by atoms with Crippen LogP contribution < -0.4 is 5.56 Å². The van der Waals surface area contributed by atoms with Crippen molar-refractivity contribution in [2.24, 2.45) is 0 Å². The molecule has 1 aromatic carbocycles. The first-order chi connectivity index (χ1) is 15.3. The normalized spacial score (nSPS) is 23.0. The van der Waals surface area contributed by atoms with Gasteiger partial charge in [-0.1, -0.05) is 6.92 Å². The van der Waals surface area contributed by atoms with Crippen molar-refractivity contribution >= 4 is 16.9 Å². The first-order valence-electron chi connectivity index (χ1n) is 10.4. The van der Waals surface area contributed by atoms with Crippen LogP contribution >= 0.6 is 0 Å². The fraction of sp³-hybridized carbons (Fsp3) is 0.348. The Morgan fingerprint density at radius 2 is 2.03 bits per heavy atom. The van der Waals surface area contributed by atoms with Crippen molar-refractivity contribution in [1.82, 2.24) is 9.55 Å². The Kier molecular flexibility index (Phi) is 3.78. The number of aromatic nitrogens is 2. The molecule has 0 fully saturated rings. The van der Waals surface area contributed by atoms with Crippen LogP contribution in [-0.2, 0) is 34.7 Å². The number of pyridine rings is 2. The Morgan fingerprint density at radius 1 is 1.25 bits per heavy atom. The third-order valence-corrected chi connectivity index (χ3v) is 7.02. The van der Waals surface area contributed by atoms with Crippen molar-refractivity contribution in [3.05, 3.63) is 61.9 Å². The van der Waals surface area contributed by atoms with Gasteiger partial charge in [-0.3, -0.25) is 4.79 Å². The summed E-state index contributed by atoms with van der Waals surface area (Å²) in [5.74, 6) is -3.00. The zero-order valence-corrected chi connectivity index (χ0v) is 17.0. The number of aliphatic hydroxyl groups is 2. The predicted molar refractivity (Wildman–Crippen MR) is 108 cm³/mol. The van der Waals surface area contributed by atoms with Crippen LogP contribution in [0.3, 0.4) is 0 Å². The van der Waals surface area contributed by atoms with Gasteiger partial charge in [0.15, 0.2) is 17.2 Å². The Labute approximate surface area is 179 Å². The van der Waals surface area contributed by atoms with Gasteiger partial charge in [-0.05, 0) is 30.9 Å². The number of benzene rings is 1. The summed E-state index contributed by atoms with van der Waals surface area (Å²) in [7, 11) is 0. The lowest BCUT2D eigenvalue weighted by atomic mass is 9.84. The van der Waals surface area contributed by atoms with E-state index in [1.54, 1.807) is 13.0 Å². The van der Waals surface area contributed by atoms with Crippen LogP contribution in [0.15, 0.2) is 16.9 Å². The van der Waals surface area contributed by atoms with Gasteiger partial charge >= 0.3 is 5.97 Å². The van der Waals surface area contributed by atoms with Crippen molar-refractivity contribution in [2.45, 2.75) is 51.0 Å². The molecule has 0 bridgehead atoms. The quantitative estimate of drug-likeness (QED) is 0.441. The SMILES string of the molecule is CC[C@@]1(O)C(=O)OCc2c1cc1n(c2=O)Cc2c-1nc1cc(F)c(F)c3c1c2CCC3O. The smallest absolute Gasteiger partial charge is 0.343 e. The molecule has 9 heteroatoms. The number of cyclic esters (lactones) is 1. The van der Waals surface area contributed by atoms with Crippen molar-refractivity contribution in [3.63, 3.8) is 0 Å². The number of halogens is 2. The number of carbonyl (C=O) groups is 1. The van der Waals surface area contributed by atoms with Gasteiger partial charge in [0.25, 0.3) is 5.56 Å². The highest BCUT2D eigenvalue weighted by molar-refractivity contribution is 5.92. The topological polar surface area (TPSA) is 102 Å². The van der Waals surface area contributed by atoms with Gasteiger partial charge in [-0.15, -0.1) is 0 Å². The molecule has 0 spiro atoms. The monoisotopic (exact) mass is 440 g/mol. The minimum Gasteiger partial charge on any atom is -0.458 e. The second-order valence-corrected chi connectivity index (χ2v) is 8.56. The Hall–Kier alpha value is -3.17. The highest BCUT2D eigenvalue weighted by atomic mass is 19.2. The minimum absolute atomic E-state index is 0.0245. The van der Waals surface area contributed by atoms with Crippen molar-refractivity contribution in [3.8, 4) is 11.4 Å². The minimum atomic E-state index is -1.94. The van der Waals surface area contributed by atoms with E-state index in [2.05, 4.69) is 4.98 Å². The maximum atomic E-state index is 14.5. The van der Waals surface area contributed by atoms with Crippen LogP contribution in [0.5, 0.6) is 0 Å². The van der Waals surface area contributed by atoms with Gasteiger partial charge in [0.2, 0.25) is 0 Å². The third-order valence-electron chi connectivity index (χ3n) is 7.02. The number of hydrogen-bond acceptors (Lipinski definition) is 6. The summed E-state index contributed by atoms with van der Waals surface area (Å²) < 4.78 is 35.4. The van der Waals surface area contributed by atoms with E-state index in [0.29, 0.717) is 28.8 Å². The number of rotatable bonds is 1. The van der Waals surface area contributed by atoms with Gasteiger partial charge in [0.05, 0.1) is 35.1 Å². The van der Waals surface area contributed by atoms with Gasteiger partial charge in [0, 0.05) is 28.1 Å². The number of hydrogen-bond donors (Lipinski definition) is 2. The van der Waals surface area contributed by atoms with E-state index >= 15 is 0 Å². The van der Waals surface area contributed by atoms with Crippen LogP contribution in [0.25, 0.3) is 22.3 Å². The summed E-state index contributed by atoms with van der Waals surface area (Å²) in [5.41, 5.74) is 0.399. The van der Waals surface area contributed by atoms with Crippen LogP contribution in [0.4, 0.5) is 8.78 Å². The highest BCUT2D eigenvalue weighted by Crippen LogP contribution is 2.44. The molecule has 3 aliphatic rings. The first-order valence-corrected chi connectivity index (χ1v) is 10.4. The second kappa shape index (κ2) is 6.20. The lowest BCUT2D eigenvalue weighted by Crippen LogP contribution is -2.44. The third kappa shape index (κ3) is 2.22. The molecule has 0 radical (unpaired) electrons. The molecule has 0 amide bonds. The summed E-state index contributed by atoms with van der Waals surface area (Å²) in [5, 5.41) is 21.7. The average Bonchev–Trinajstić information content (AvgIpc) is 3.14. The maximum Gasteiger partial charge on any atom is 0.343 e. The number of aryl methyl sites for hydroxylation is 1. The number of aliphatic hydroxyl groups excluding tert-OH is 1. The number of nitrogens with zero attached hydrogens (tertiary/aromatic N) is 2. The number of carbonyl (C=O) groups excluding carboxylic acids is 1. The fourth-order valence-electron chi connectivity index (χ4n) is 5.33. The molecule has 6 rings (SSSR count). The molecular weight excluding hydrogens is 422 g/mol. The molecule has 32 heavy (non-hydrogen) atoms. The number of fused-ring (bicyclic) bond motifs is 5. The molecule has 2 aliphatic heterocycles. The lowest BCUT2D eigenvalue weighted by Gasteiger charge is -2.31. The van der Waals surface area contributed by atoms with Crippen LogP contribution in [0.1, 0.15) is 53.7 Å². The first kappa shape index (κ1) is 19.5. The van der Waals surface area contributed by atoms with E-state index in [1.807, 2.05) is 0 Å². The lowest BCUT2D eigenvalue weighted by molar-refractivity contribution is -0.172. The Morgan fingerprint density at radius 3 is 2.78 bits per heavy atom. The standard InChI is InChI=1S/C23H18F2N2O5/c1-2-23(31)12-5-15-20-10(7-27(15)21(29)11(12)8-32-22(23)30)9-3-4-16(28)18-17(9)14(26-20)6-13(24)19(18)25/h5-6,16,28,31H,2-4,7-8H2,1H3/t16?,23-/m0/s1. The van der Waals surface area contributed by atoms with E-state index in [9.17, 15) is 28.6 Å². The second-order valence-electron chi connectivity index (χ2n) is 8.56. The molecule has 2 atom stereocenters. The van der Waals surface area contributed by atoms with E-state index in [-0.39, 0.29) is 48.2 Å². The predicted octanol–water partition coefficient (Wildman–Crippen LogP) is 2.34. The molecule has 0 saturated heterocycles. The Balaban J connectivity index is 1.69. The van der Waals surface area contributed by atoms with Crippen molar-refractivity contribution in [2.75, 3.05) is 0 Å². The van der Waals surface area contributed by atoms with Gasteiger partial charge in [0.1, 0.15) is 6.61 Å². The van der Waals surface area contributed by atoms with Gasteiger partial charge < -0.3 is 19.5 Å². The largest absolute Gasteiger partial charge is 0.458 e. The molecule has 164 valence electrons. The zero-order chi connectivity index (χ0) is 22.5. The molecular formula is C23H18F2N2O5. The summed E-state index contributed by atoms with van der Waals surface area (Å²) in [6.45, 7) is 1.55. The molecule has 0 saturated carbocycles. The van der Waals surface area contributed by atoms with Crippen LogP contribution in [0.2, 0.25) is 0 Å². The summed E-state index contributed by atoms with van der Waals surface area (Å²) >= 11 is 0. The van der Waals surface area contributed by atoms with E-state index in [4.69, 9.17) is 4.74 Å². The summed E-state index contributed by atoms with van der Waals surface area (Å²) in [6, 6.07) is 2.57. The molecule has 7 nitrogen and oxygen atoms in total. The molecule has 1 unspecified atom stereocenters. The molecule has 4 heterocycles. The van der Waals surface area contributed by atoms with E-state index < -0.39 is 34.9 Å². The van der Waals surface area contributed by atoms with E-state index in [1.165, 1.54) is 4.57 Å². The maximum absolute atomic E-state index is 14.5. The van der Waals surface area contributed by atoms with E-state index in [0.717, 1.165) is 11.6 Å².